The van der Waals surface area contributed by atoms with E-state index in [0.29, 0.717) is 18.6 Å². The van der Waals surface area contributed by atoms with Crippen LogP contribution in [0.5, 0.6) is 0 Å². The van der Waals surface area contributed by atoms with Crippen LogP contribution in [-0.4, -0.2) is 54.0 Å². The highest BCUT2D eigenvalue weighted by Crippen LogP contribution is 2.26. The molecule has 2 heterocycles. The SMILES string of the molecule is Cc1ccc(F)c(CN2CCC(N3CCC[C@H](C(=O)NC4CC4)C3)CC2)c1. The minimum atomic E-state index is -0.0942. The van der Waals surface area contributed by atoms with Gasteiger partial charge in [0.2, 0.25) is 5.91 Å². The lowest BCUT2D eigenvalue weighted by Gasteiger charge is -2.42. The van der Waals surface area contributed by atoms with Gasteiger partial charge >= 0.3 is 0 Å². The summed E-state index contributed by atoms with van der Waals surface area (Å²) in [6.45, 7) is 6.76. The second-order valence-corrected chi connectivity index (χ2v) is 8.72. The predicted molar refractivity (Wildman–Crippen MR) is 105 cm³/mol. The molecule has 148 valence electrons. The molecule has 3 aliphatic rings. The van der Waals surface area contributed by atoms with Crippen molar-refractivity contribution in [3.8, 4) is 0 Å². The molecule has 1 N–H and O–H groups in total. The van der Waals surface area contributed by atoms with E-state index in [-0.39, 0.29) is 17.6 Å². The van der Waals surface area contributed by atoms with Crippen molar-refractivity contribution in [1.29, 1.82) is 0 Å². The molecule has 1 amide bonds. The van der Waals surface area contributed by atoms with Crippen LogP contribution in [0, 0.1) is 18.7 Å². The number of nitrogens with zero attached hydrogens (tertiary/aromatic N) is 2. The largest absolute Gasteiger partial charge is 0.353 e. The Morgan fingerprint density at radius 3 is 2.67 bits per heavy atom. The summed E-state index contributed by atoms with van der Waals surface area (Å²) in [5, 5.41) is 3.18. The van der Waals surface area contributed by atoms with E-state index in [9.17, 15) is 9.18 Å². The van der Waals surface area contributed by atoms with Gasteiger partial charge in [-0.3, -0.25) is 14.6 Å². The summed E-state index contributed by atoms with van der Waals surface area (Å²) in [7, 11) is 0. The first kappa shape index (κ1) is 18.9. The molecule has 1 aromatic rings. The first-order valence-corrected chi connectivity index (χ1v) is 10.6. The standard InChI is InChI=1S/C22H32FN3O/c1-16-4-7-21(23)18(13-16)14-25-11-8-20(9-12-25)26-10-2-3-17(15-26)22(27)24-19-5-6-19/h4,7,13,17,19-20H,2-3,5-6,8-12,14-15H2,1H3,(H,24,27)/t17-/m0/s1. The molecule has 1 atom stereocenters. The first-order chi connectivity index (χ1) is 13.1. The number of likely N-dealkylation sites (tertiary alicyclic amines) is 2. The van der Waals surface area contributed by atoms with Gasteiger partial charge in [0.15, 0.2) is 0 Å². The second kappa shape index (κ2) is 8.27. The molecule has 2 saturated heterocycles. The quantitative estimate of drug-likeness (QED) is 0.862. The number of halogens is 1. The van der Waals surface area contributed by atoms with Gasteiger partial charge in [-0.05, 0) is 71.1 Å². The van der Waals surface area contributed by atoms with Crippen molar-refractivity contribution in [3.05, 3.63) is 35.1 Å². The summed E-state index contributed by atoms with van der Waals surface area (Å²) in [5.74, 6) is 0.344. The van der Waals surface area contributed by atoms with E-state index in [4.69, 9.17) is 0 Å². The van der Waals surface area contributed by atoms with Gasteiger partial charge in [0.1, 0.15) is 5.82 Å². The fourth-order valence-electron chi connectivity index (χ4n) is 4.61. The van der Waals surface area contributed by atoms with E-state index in [1.165, 1.54) is 0 Å². The molecule has 0 aromatic heterocycles. The van der Waals surface area contributed by atoms with Crippen molar-refractivity contribution < 1.29 is 9.18 Å². The Morgan fingerprint density at radius 1 is 1.15 bits per heavy atom. The molecule has 1 aromatic carbocycles. The predicted octanol–water partition coefficient (Wildman–Crippen LogP) is 3.09. The van der Waals surface area contributed by atoms with E-state index in [0.717, 1.165) is 75.8 Å². The Morgan fingerprint density at radius 2 is 1.93 bits per heavy atom. The van der Waals surface area contributed by atoms with E-state index in [1.807, 2.05) is 19.1 Å². The number of amides is 1. The smallest absolute Gasteiger partial charge is 0.224 e. The lowest BCUT2D eigenvalue weighted by molar-refractivity contribution is -0.127. The number of aryl methyl sites for hydroxylation is 1. The van der Waals surface area contributed by atoms with Gasteiger partial charge in [0.05, 0.1) is 5.92 Å². The highest BCUT2D eigenvalue weighted by atomic mass is 19.1. The van der Waals surface area contributed by atoms with Crippen LogP contribution in [0.15, 0.2) is 18.2 Å². The molecule has 4 nitrogen and oxygen atoms in total. The monoisotopic (exact) mass is 373 g/mol. The van der Waals surface area contributed by atoms with Gasteiger partial charge in [-0.1, -0.05) is 17.7 Å². The summed E-state index contributed by atoms with van der Waals surface area (Å²) in [6.07, 6.45) is 6.69. The zero-order chi connectivity index (χ0) is 18.8. The Labute approximate surface area is 162 Å². The maximum atomic E-state index is 14.0. The van der Waals surface area contributed by atoms with Crippen LogP contribution >= 0.6 is 0 Å². The molecule has 1 saturated carbocycles. The van der Waals surface area contributed by atoms with E-state index < -0.39 is 0 Å². The summed E-state index contributed by atoms with van der Waals surface area (Å²) in [5.41, 5.74) is 1.92. The second-order valence-electron chi connectivity index (χ2n) is 8.72. The molecule has 0 spiro atoms. The summed E-state index contributed by atoms with van der Waals surface area (Å²) >= 11 is 0. The third kappa shape index (κ3) is 4.88. The maximum absolute atomic E-state index is 14.0. The van der Waals surface area contributed by atoms with Crippen molar-refractivity contribution in [3.63, 3.8) is 0 Å². The lowest BCUT2D eigenvalue weighted by atomic mass is 9.93. The van der Waals surface area contributed by atoms with Crippen LogP contribution in [0.3, 0.4) is 0 Å². The molecule has 0 bridgehead atoms. The normalized spacial score (nSPS) is 25.5. The lowest BCUT2D eigenvalue weighted by Crippen LogP contribution is -2.50. The van der Waals surface area contributed by atoms with Crippen LogP contribution in [-0.2, 0) is 11.3 Å². The summed E-state index contributed by atoms with van der Waals surface area (Å²) < 4.78 is 14.0. The Kier molecular flexibility index (Phi) is 5.79. The van der Waals surface area contributed by atoms with Gasteiger partial charge in [0.25, 0.3) is 0 Å². The van der Waals surface area contributed by atoms with Crippen LogP contribution < -0.4 is 5.32 Å². The molecule has 0 radical (unpaired) electrons. The molecule has 2 aliphatic heterocycles. The molecule has 27 heavy (non-hydrogen) atoms. The Hall–Kier alpha value is -1.46. The number of nitrogens with one attached hydrogen (secondary N) is 1. The number of benzene rings is 1. The number of carbonyl (C=O) groups excluding carboxylic acids is 1. The van der Waals surface area contributed by atoms with E-state index >= 15 is 0 Å². The molecule has 3 fully saturated rings. The molecule has 4 rings (SSSR count). The third-order valence-corrected chi connectivity index (χ3v) is 6.42. The first-order valence-electron chi connectivity index (χ1n) is 10.6. The average molecular weight is 374 g/mol. The number of rotatable bonds is 5. The topological polar surface area (TPSA) is 35.6 Å². The van der Waals surface area contributed by atoms with Crippen LogP contribution in [0.2, 0.25) is 0 Å². The molecular weight excluding hydrogens is 341 g/mol. The fraction of sp³-hybridized carbons (Fsp3) is 0.682. The van der Waals surface area contributed by atoms with E-state index in [1.54, 1.807) is 6.07 Å². The average Bonchev–Trinajstić information content (AvgIpc) is 3.49. The highest BCUT2D eigenvalue weighted by Gasteiger charge is 2.33. The van der Waals surface area contributed by atoms with Crippen molar-refractivity contribution >= 4 is 5.91 Å². The number of hydrogen-bond acceptors (Lipinski definition) is 3. The zero-order valence-corrected chi connectivity index (χ0v) is 16.4. The zero-order valence-electron chi connectivity index (χ0n) is 16.4. The van der Waals surface area contributed by atoms with Crippen molar-refractivity contribution in [2.24, 2.45) is 5.92 Å². The minimum absolute atomic E-state index is 0.0942. The van der Waals surface area contributed by atoms with Crippen molar-refractivity contribution in [1.82, 2.24) is 15.1 Å². The van der Waals surface area contributed by atoms with Crippen molar-refractivity contribution in [2.75, 3.05) is 26.2 Å². The molecular formula is C22H32FN3O. The van der Waals surface area contributed by atoms with E-state index in [2.05, 4.69) is 15.1 Å². The van der Waals surface area contributed by atoms with Gasteiger partial charge in [-0.2, -0.15) is 0 Å². The minimum Gasteiger partial charge on any atom is -0.353 e. The van der Waals surface area contributed by atoms with Crippen LogP contribution in [0.25, 0.3) is 0 Å². The fourth-order valence-corrected chi connectivity index (χ4v) is 4.61. The Balaban J connectivity index is 1.27. The maximum Gasteiger partial charge on any atom is 0.224 e. The third-order valence-electron chi connectivity index (χ3n) is 6.42. The van der Waals surface area contributed by atoms with Gasteiger partial charge in [0, 0.05) is 30.7 Å². The number of hydrogen-bond donors (Lipinski definition) is 1. The number of piperidine rings is 2. The number of carbonyl (C=O) groups is 1. The summed E-state index contributed by atoms with van der Waals surface area (Å²) in [4.78, 5) is 17.3. The molecule has 5 heteroatoms. The van der Waals surface area contributed by atoms with Crippen molar-refractivity contribution in [2.45, 2.75) is 64.1 Å². The summed E-state index contributed by atoms with van der Waals surface area (Å²) in [6, 6.07) is 6.41. The Bertz CT molecular complexity index is 668. The highest BCUT2D eigenvalue weighted by molar-refractivity contribution is 5.79. The van der Waals surface area contributed by atoms with Gasteiger partial charge in [-0.15, -0.1) is 0 Å². The van der Waals surface area contributed by atoms with Crippen LogP contribution in [0.4, 0.5) is 4.39 Å². The molecule has 0 unspecified atom stereocenters. The van der Waals surface area contributed by atoms with Crippen LogP contribution in [0.1, 0.15) is 49.7 Å². The molecule has 1 aliphatic carbocycles. The van der Waals surface area contributed by atoms with Gasteiger partial charge < -0.3 is 5.32 Å². The van der Waals surface area contributed by atoms with Gasteiger partial charge in [-0.25, -0.2) is 4.39 Å².